The minimum Gasteiger partial charge on any atom is -0.497 e. The molecule has 0 aliphatic rings. The van der Waals surface area contributed by atoms with Crippen molar-refractivity contribution in [2.75, 3.05) is 12.9 Å². The molecule has 1 heterocycles. The second kappa shape index (κ2) is 7.63. The van der Waals surface area contributed by atoms with Crippen LogP contribution < -0.4 is 4.74 Å². The molecule has 5 nitrogen and oxygen atoms in total. The number of thioether (sulfide) groups is 1. The van der Waals surface area contributed by atoms with Gasteiger partial charge in [0.15, 0.2) is 5.78 Å². The molecule has 122 valence electrons. The largest absolute Gasteiger partial charge is 0.497 e. The molecule has 1 aromatic heterocycles. The van der Waals surface area contributed by atoms with Gasteiger partial charge in [0.25, 0.3) is 5.89 Å². The van der Waals surface area contributed by atoms with Crippen molar-refractivity contribution in [3.63, 3.8) is 0 Å². The van der Waals surface area contributed by atoms with Gasteiger partial charge in [-0.25, -0.2) is 0 Å². The summed E-state index contributed by atoms with van der Waals surface area (Å²) in [7, 11) is 1.59. The summed E-state index contributed by atoms with van der Waals surface area (Å²) in [6.45, 7) is 0. The Labute approximate surface area is 151 Å². The molecule has 0 N–H and O–H groups in total. The number of nitrogens with zero attached hydrogens (tertiary/aromatic N) is 2. The number of ketones is 1. The summed E-state index contributed by atoms with van der Waals surface area (Å²) >= 11 is 4.65. The zero-order valence-corrected chi connectivity index (χ0v) is 15.1. The molecule has 0 saturated heterocycles. The number of rotatable bonds is 6. The van der Waals surface area contributed by atoms with E-state index in [9.17, 15) is 4.79 Å². The Morgan fingerprint density at radius 2 is 2.04 bits per heavy atom. The third kappa shape index (κ3) is 4.04. The van der Waals surface area contributed by atoms with Crippen molar-refractivity contribution in [2.24, 2.45) is 0 Å². The Bertz CT molecular complexity index is 849. The lowest BCUT2D eigenvalue weighted by Crippen LogP contribution is -2.02. The second-order valence-corrected chi connectivity index (χ2v) is 6.69. The highest BCUT2D eigenvalue weighted by molar-refractivity contribution is 9.10. The number of Topliss-reactive ketones (excluding diaryl/α,β-unsaturated/α-hetero) is 1. The number of hydrogen-bond donors (Lipinski definition) is 0. The monoisotopic (exact) mass is 404 g/mol. The number of hydrogen-bond acceptors (Lipinski definition) is 6. The predicted octanol–water partition coefficient (Wildman–Crippen LogP) is 4.48. The van der Waals surface area contributed by atoms with Crippen LogP contribution in [0.15, 0.2) is 62.7 Å². The molecule has 0 aliphatic heterocycles. The van der Waals surface area contributed by atoms with E-state index in [1.54, 1.807) is 31.4 Å². The Morgan fingerprint density at radius 3 is 2.75 bits per heavy atom. The van der Waals surface area contributed by atoms with E-state index in [2.05, 4.69) is 26.1 Å². The van der Waals surface area contributed by atoms with Gasteiger partial charge in [0.1, 0.15) is 5.75 Å². The molecule has 0 bridgehead atoms. The molecule has 24 heavy (non-hydrogen) atoms. The maximum atomic E-state index is 12.2. The standard InChI is InChI=1S/C17H13BrN2O3S/c1-22-14-7-5-11(6-8-14)15(21)10-24-17-19-16(23-20-17)12-3-2-4-13(18)9-12/h2-9H,10H2,1H3. The smallest absolute Gasteiger partial charge is 0.258 e. The second-order valence-electron chi connectivity index (χ2n) is 4.83. The summed E-state index contributed by atoms with van der Waals surface area (Å²) < 4.78 is 11.3. The van der Waals surface area contributed by atoms with E-state index < -0.39 is 0 Å². The average molecular weight is 405 g/mol. The number of carbonyl (C=O) groups excluding carboxylic acids is 1. The van der Waals surface area contributed by atoms with Gasteiger partial charge in [-0.3, -0.25) is 4.79 Å². The minimum absolute atomic E-state index is 0.00328. The van der Waals surface area contributed by atoms with Gasteiger partial charge >= 0.3 is 0 Å². The summed E-state index contributed by atoms with van der Waals surface area (Å²) in [6, 6.07) is 14.6. The lowest BCUT2D eigenvalue weighted by atomic mass is 10.1. The molecule has 0 fully saturated rings. The molecular weight excluding hydrogens is 392 g/mol. The predicted molar refractivity (Wildman–Crippen MR) is 95.5 cm³/mol. The van der Waals surface area contributed by atoms with Crippen molar-refractivity contribution in [1.29, 1.82) is 0 Å². The van der Waals surface area contributed by atoms with E-state index in [4.69, 9.17) is 9.26 Å². The molecule has 0 atom stereocenters. The molecule has 0 unspecified atom stereocenters. The summed E-state index contributed by atoms with van der Waals surface area (Å²) in [5.74, 6) is 1.38. The van der Waals surface area contributed by atoms with E-state index in [0.29, 0.717) is 16.6 Å². The van der Waals surface area contributed by atoms with Gasteiger partial charge < -0.3 is 9.26 Å². The van der Waals surface area contributed by atoms with Crippen LogP contribution >= 0.6 is 27.7 Å². The van der Waals surface area contributed by atoms with Crippen LogP contribution in [-0.2, 0) is 0 Å². The zero-order chi connectivity index (χ0) is 16.9. The zero-order valence-electron chi connectivity index (χ0n) is 12.7. The van der Waals surface area contributed by atoms with E-state index in [0.717, 1.165) is 15.8 Å². The van der Waals surface area contributed by atoms with Crippen LogP contribution in [0.3, 0.4) is 0 Å². The first-order valence-corrected chi connectivity index (χ1v) is 8.83. The van der Waals surface area contributed by atoms with Crippen molar-refractivity contribution in [3.8, 4) is 17.2 Å². The van der Waals surface area contributed by atoms with Crippen LogP contribution in [0.2, 0.25) is 0 Å². The van der Waals surface area contributed by atoms with Crippen molar-refractivity contribution in [3.05, 3.63) is 58.6 Å². The van der Waals surface area contributed by atoms with E-state index in [1.165, 1.54) is 11.8 Å². The molecule has 0 aliphatic carbocycles. The van der Waals surface area contributed by atoms with Crippen molar-refractivity contribution < 1.29 is 14.1 Å². The van der Waals surface area contributed by atoms with E-state index in [1.807, 2.05) is 24.3 Å². The van der Waals surface area contributed by atoms with Gasteiger partial charge in [0.2, 0.25) is 5.16 Å². The van der Waals surface area contributed by atoms with E-state index >= 15 is 0 Å². The number of ether oxygens (including phenoxy) is 1. The highest BCUT2D eigenvalue weighted by atomic mass is 79.9. The topological polar surface area (TPSA) is 65.2 Å². The highest BCUT2D eigenvalue weighted by Crippen LogP contribution is 2.24. The number of carbonyl (C=O) groups is 1. The fourth-order valence-electron chi connectivity index (χ4n) is 2.00. The Balaban J connectivity index is 1.63. The number of methoxy groups -OCH3 is 1. The lowest BCUT2D eigenvalue weighted by molar-refractivity contribution is 0.102. The molecular formula is C17H13BrN2O3S. The maximum absolute atomic E-state index is 12.2. The number of halogens is 1. The van der Waals surface area contributed by atoms with Gasteiger partial charge in [-0.2, -0.15) is 4.98 Å². The lowest BCUT2D eigenvalue weighted by Gasteiger charge is -2.01. The van der Waals surface area contributed by atoms with Crippen molar-refractivity contribution in [1.82, 2.24) is 10.1 Å². The van der Waals surface area contributed by atoms with Gasteiger partial charge in [0.05, 0.1) is 12.9 Å². The van der Waals surface area contributed by atoms with Crippen LogP contribution in [0.1, 0.15) is 10.4 Å². The molecule has 2 aromatic carbocycles. The van der Waals surface area contributed by atoms with Crippen LogP contribution in [0.5, 0.6) is 5.75 Å². The van der Waals surface area contributed by atoms with Crippen LogP contribution in [0.4, 0.5) is 0 Å². The normalized spacial score (nSPS) is 10.6. The van der Waals surface area contributed by atoms with E-state index in [-0.39, 0.29) is 11.5 Å². The molecule has 0 radical (unpaired) electrons. The third-order valence-electron chi connectivity index (χ3n) is 3.22. The maximum Gasteiger partial charge on any atom is 0.258 e. The van der Waals surface area contributed by atoms with Gasteiger partial charge in [-0.1, -0.05) is 33.8 Å². The summed E-state index contributed by atoms with van der Waals surface area (Å²) in [5, 5.41) is 4.34. The van der Waals surface area contributed by atoms with Crippen LogP contribution in [0.25, 0.3) is 11.5 Å². The molecule has 0 amide bonds. The highest BCUT2D eigenvalue weighted by Gasteiger charge is 2.12. The molecule has 3 aromatic rings. The summed E-state index contributed by atoms with van der Waals surface area (Å²) in [5.41, 5.74) is 1.45. The van der Waals surface area contributed by atoms with Crippen LogP contribution in [0, 0.1) is 0 Å². The SMILES string of the molecule is COc1ccc(C(=O)CSc2noc(-c3cccc(Br)c3)n2)cc1. The molecule has 3 rings (SSSR count). The first-order chi connectivity index (χ1) is 11.7. The Kier molecular flexibility index (Phi) is 5.32. The fraction of sp³-hybridized carbons (Fsp3) is 0.118. The minimum atomic E-state index is -0.00328. The summed E-state index contributed by atoms with van der Waals surface area (Å²) in [4.78, 5) is 16.5. The Hall–Kier alpha value is -2.12. The summed E-state index contributed by atoms with van der Waals surface area (Å²) in [6.07, 6.45) is 0. The third-order valence-corrected chi connectivity index (χ3v) is 4.55. The van der Waals surface area contributed by atoms with Gasteiger partial charge in [0, 0.05) is 15.6 Å². The van der Waals surface area contributed by atoms with Gasteiger partial charge in [-0.05, 0) is 47.6 Å². The van der Waals surface area contributed by atoms with Crippen molar-refractivity contribution in [2.45, 2.75) is 5.16 Å². The Morgan fingerprint density at radius 1 is 1.25 bits per heavy atom. The molecule has 7 heteroatoms. The molecule has 0 saturated carbocycles. The number of aromatic nitrogens is 2. The van der Waals surface area contributed by atoms with Gasteiger partial charge in [-0.15, -0.1) is 0 Å². The average Bonchev–Trinajstić information content (AvgIpc) is 3.09. The molecule has 0 spiro atoms. The fourth-order valence-corrected chi connectivity index (χ4v) is 3.06. The first-order valence-electron chi connectivity index (χ1n) is 7.05. The first kappa shape index (κ1) is 16.7. The van der Waals surface area contributed by atoms with Crippen LogP contribution in [-0.4, -0.2) is 28.8 Å². The number of benzene rings is 2. The quantitative estimate of drug-likeness (QED) is 0.445. The van der Waals surface area contributed by atoms with Crippen molar-refractivity contribution >= 4 is 33.5 Å².